The minimum Gasteiger partial charge on any atom is -0.267 e. The molecule has 84 valence electrons. The third kappa shape index (κ3) is 2.50. The third-order valence-electron chi connectivity index (χ3n) is 2.45. The van der Waals surface area contributed by atoms with Crippen molar-refractivity contribution >= 4 is 28.6 Å². The van der Waals surface area contributed by atoms with Crippen LogP contribution in [0, 0.1) is 0 Å². The number of rotatable bonds is 2. The number of amides is 1. The van der Waals surface area contributed by atoms with Gasteiger partial charge in [0, 0.05) is 4.47 Å². The molecule has 0 aliphatic rings. The minimum absolute atomic E-state index is 0.324. The van der Waals surface area contributed by atoms with Crippen LogP contribution >= 0.6 is 15.9 Å². The van der Waals surface area contributed by atoms with E-state index in [1.54, 1.807) is 0 Å². The minimum atomic E-state index is -0.324. The van der Waals surface area contributed by atoms with Crippen LogP contribution < -0.4 is 0 Å². The van der Waals surface area contributed by atoms with Gasteiger partial charge >= 0.3 is 0 Å². The molecular formula is C14H10BrNO. The van der Waals surface area contributed by atoms with E-state index in [0.29, 0.717) is 5.56 Å². The molecule has 2 nitrogen and oxygen atoms in total. The van der Waals surface area contributed by atoms with Crippen molar-refractivity contribution in [1.29, 1.82) is 0 Å². The van der Waals surface area contributed by atoms with Crippen LogP contribution in [0.2, 0.25) is 0 Å². The first-order valence-electron chi connectivity index (χ1n) is 5.08. The van der Waals surface area contributed by atoms with Crippen LogP contribution in [-0.4, -0.2) is 12.6 Å². The summed E-state index contributed by atoms with van der Waals surface area (Å²) in [5, 5.41) is 0. The Balaban J connectivity index is 2.52. The third-order valence-corrected chi connectivity index (χ3v) is 3.14. The van der Waals surface area contributed by atoms with Crippen LogP contribution in [0.3, 0.4) is 0 Å². The van der Waals surface area contributed by atoms with Gasteiger partial charge in [0.1, 0.15) is 0 Å². The number of benzene rings is 2. The summed E-state index contributed by atoms with van der Waals surface area (Å²) in [6.45, 7) is 3.26. The van der Waals surface area contributed by atoms with Crippen molar-refractivity contribution in [2.75, 3.05) is 0 Å². The van der Waals surface area contributed by atoms with Gasteiger partial charge in [-0.15, -0.1) is 0 Å². The highest BCUT2D eigenvalue weighted by molar-refractivity contribution is 9.10. The summed E-state index contributed by atoms with van der Waals surface area (Å²) in [5.41, 5.74) is 2.58. The first-order chi connectivity index (χ1) is 8.22. The first kappa shape index (κ1) is 11.7. The summed E-state index contributed by atoms with van der Waals surface area (Å²) in [4.78, 5) is 15.0. The zero-order valence-corrected chi connectivity index (χ0v) is 10.6. The second kappa shape index (κ2) is 5.06. The summed E-state index contributed by atoms with van der Waals surface area (Å²) in [6.07, 6.45) is 0. The van der Waals surface area contributed by atoms with Crippen LogP contribution in [0.5, 0.6) is 0 Å². The molecular weight excluding hydrogens is 278 g/mol. The van der Waals surface area contributed by atoms with Gasteiger partial charge in [0.2, 0.25) is 0 Å². The Hall–Kier alpha value is -1.74. The van der Waals surface area contributed by atoms with E-state index in [4.69, 9.17) is 0 Å². The quantitative estimate of drug-likeness (QED) is 0.769. The summed E-state index contributed by atoms with van der Waals surface area (Å²) in [6, 6.07) is 15.5. The number of halogens is 1. The molecule has 0 N–H and O–H groups in total. The summed E-state index contributed by atoms with van der Waals surface area (Å²) < 4.78 is 0.731. The largest absolute Gasteiger partial charge is 0.277 e. The molecule has 2 rings (SSSR count). The lowest BCUT2D eigenvalue weighted by molar-refractivity contribution is 0.100. The zero-order chi connectivity index (χ0) is 12.3. The second-order valence-corrected chi connectivity index (χ2v) is 4.38. The Bertz CT molecular complexity index is 564. The van der Waals surface area contributed by atoms with E-state index in [1.165, 1.54) is 0 Å². The molecule has 0 heterocycles. The molecule has 0 aromatic heterocycles. The highest BCUT2D eigenvalue weighted by atomic mass is 79.9. The normalized spacial score (nSPS) is 9.94. The summed E-state index contributed by atoms with van der Waals surface area (Å²) in [7, 11) is 0. The van der Waals surface area contributed by atoms with Crippen molar-refractivity contribution in [3.05, 3.63) is 58.6 Å². The Morgan fingerprint density at radius 3 is 2.41 bits per heavy atom. The summed E-state index contributed by atoms with van der Waals surface area (Å²) in [5.74, 6) is -0.324. The summed E-state index contributed by atoms with van der Waals surface area (Å²) >= 11 is 3.34. The maximum absolute atomic E-state index is 11.6. The molecule has 0 atom stereocenters. The predicted molar refractivity (Wildman–Crippen MR) is 73.5 cm³/mol. The lowest BCUT2D eigenvalue weighted by Gasteiger charge is -2.05. The van der Waals surface area contributed by atoms with E-state index in [1.807, 2.05) is 48.5 Å². The SMILES string of the molecule is C=NC(=O)c1cc(-c2ccccc2)ccc1Br. The van der Waals surface area contributed by atoms with Crippen molar-refractivity contribution in [2.24, 2.45) is 4.99 Å². The lowest BCUT2D eigenvalue weighted by atomic mass is 10.0. The number of hydrogen-bond acceptors (Lipinski definition) is 1. The van der Waals surface area contributed by atoms with Crippen molar-refractivity contribution in [3.8, 4) is 11.1 Å². The molecule has 3 heteroatoms. The molecule has 0 spiro atoms. The number of carbonyl (C=O) groups is 1. The van der Waals surface area contributed by atoms with Gasteiger partial charge in [0.15, 0.2) is 0 Å². The Morgan fingerprint density at radius 2 is 1.76 bits per heavy atom. The maximum Gasteiger partial charge on any atom is 0.277 e. The molecule has 0 saturated carbocycles. The molecule has 1 amide bonds. The van der Waals surface area contributed by atoms with E-state index >= 15 is 0 Å². The van der Waals surface area contributed by atoms with Crippen LogP contribution in [0.4, 0.5) is 0 Å². The Morgan fingerprint density at radius 1 is 1.06 bits per heavy atom. The molecule has 17 heavy (non-hydrogen) atoms. The topological polar surface area (TPSA) is 29.4 Å². The van der Waals surface area contributed by atoms with Gasteiger partial charge in [-0.1, -0.05) is 36.4 Å². The second-order valence-electron chi connectivity index (χ2n) is 3.52. The van der Waals surface area contributed by atoms with Gasteiger partial charge < -0.3 is 0 Å². The molecule has 2 aromatic rings. The number of hydrogen-bond donors (Lipinski definition) is 0. The van der Waals surface area contributed by atoms with Gasteiger partial charge in [-0.05, 0) is 45.9 Å². The average Bonchev–Trinajstić information content (AvgIpc) is 2.39. The molecule has 0 aliphatic heterocycles. The van der Waals surface area contributed by atoms with E-state index in [9.17, 15) is 4.79 Å². The molecule has 0 bridgehead atoms. The van der Waals surface area contributed by atoms with Gasteiger partial charge in [-0.2, -0.15) is 0 Å². The first-order valence-corrected chi connectivity index (χ1v) is 5.87. The van der Waals surface area contributed by atoms with Gasteiger partial charge in [-0.3, -0.25) is 4.79 Å². The van der Waals surface area contributed by atoms with E-state index in [2.05, 4.69) is 27.6 Å². The van der Waals surface area contributed by atoms with Crippen LogP contribution in [0.1, 0.15) is 10.4 Å². The number of carbonyl (C=O) groups excluding carboxylic acids is 1. The maximum atomic E-state index is 11.6. The van der Waals surface area contributed by atoms with Crippen molar-refractivity contribution in [3.63, 3.8) is 0 Å². The van der Waals surface area contributed by atoms with Gasteiger partial charge in [-0.25, -0.2) is 4.99 Å². The average molecular weight is 288 g/mol. The van der Waals surface area contributed by atoms with Crippen molar-refractivity contribution in [1.82, 2.24) is 0 Å². The van der Waals surface area contributed by atoms with Crippen LogP contribution in [0.15, 0.2) is 58.0 Å². The van der Waals surface area contributed by atoms with Crippen LogP contribution in [-0.2, 0) is 0 Å². The highest BCUT2D eigenvalue weighted by Gasteiger charge is 2.09. The fourth-order valence-corrected chi connectivity index (χ4v) is 2.00. The number of nitrogens with zero attached hydrogens (tertiary/aromatic N) is 1. The number of aliphatic imine (C=N–C) groups is 1. The van der Waals surface area contributed by atoms with E-state index in [0.717, 1.165) is 15.6 Å². The smallest absolute Gasteiger partial charge is 0.267 e. The zero-order valence-electron chi connectivity index (χ0n) is 9.06. The Labute approximate surface area is 108 Å². The standard InChI is InChI=1S/C14H10BrNO/c1-16-14(17)12-9-11(7-8-13(12)15)10-5-3-2-4-6-10/h2-9H,1H2. The van der Waals surface area contributed by atoms with E-state index in [-0.39, 0.29) is 5.91 Å². The monoisotopic (exact) mass is 287 g/mol. The molecule has 0 fully saturated rings. The highest BCUT2D eigenvalue weighted by Crippen LogP contribution is 2.25. The molecule has 2 aromatic carbocycles. The van der Waals surface area contributed by atoms with Gasteiger partial charge in [0.05, 0.1) is 5.56 Å². The van der Waals surface area contributed by atoms with Crippen LogP contribution in [0.25, 0.3) is 11.1 Å². The fourth-order valence-electron chi connectivity index (χ4n) is 1.58. The predicted octanol–water partition coefficient (Wildman–Crippen LogP) is 3.96. The molecule has 0 saturated heterocycles. The molecule has 0 radical (unpaired) electrons. The molecule has 0 unspecified atom stereocenters. The van der Waals surface area contributed by atoms with Gasteiger partial charge in [0.25, 0.3) is 5.91 Å². The fraction of sp³-hybridized carbons (Fsp3) is 0. The van der Waals surface area contributed by atoms with E-state index < -0.39 is 0 Å². The lowest BCUT2D eigenvalue weighted by Crippen LogP contribution is -1.96. The van der Waals surface area contributed by atoms with Crippen molar-refractivity contribution in [2.45, 2.75) is 0 Å². The molecule has 0 aliphatic carbocycles. The van der Waals surface area contributed by atoms with Crippen molar-refractivity contribution < 1.29 is 4.79 Å². The Kier molecular flexibility index (Phi) is 3.49.